The second-order valence-electron chi connectivity index (χ2n) is 3.89. The zero-order chi connectivity index (χ0) is 12.1. The molecule has 2 aromatic rings. The topological polar surface area (TPSA) is 49.9 Å². The Morgan fingerprint density at radius 3 is 2.82 bits per heavy atom. The Kier molecular flexibility index (Phi) is 3.77. The van der Waals surface area contributed by atoms with Crippen LogP contribution in [-0.2, 0) is 13.1 Å². The van der Waals surface area contributed by atoms with Crippen LogP contribution in [-0.4, -0.2) is 17.1 Å². The van der Waals surface area contributed by atoms with E-state index in [0.717, 1.165) is 35.8 Å². The maximum Gasteiger partial charge on any atom is 0.123 e. The number of aromatic amines is 1. The minimum Gasteiger partial charge on any atom is -0.496 e. The Balaban J connectivity index is 1.92. The quantitative estimate of drug-likeness (QED) is 0.827. The highest BCUT2D eigenvalue weighted by molar-refractivity contribution is 5.33. The molecule has 0 radical (unpaired) electrons. The molecule has 1 aromatic heterocycles. The van der Waals surface area contributed by atoms with Crippen molar-refractivity contribution in [3.05, 3.63) is 47.5 Å². The molecule has 0 saturated heterocycles. The molecule has 0 amide bonds. The fraction of sp³-hybridized carbons (Fsp3) is 0.308. The summed E-state index contributed by atoms with van der Waals surface area (Å²) in [7, 11) is 1.69. The van der Waals surface area contributed by atoms with Gasteiger partial charge in [0.15, 0.2) is 0 Å². The van der Waals surface area contributed by atoms with E-state index in [2.05, 4.69) is 21.4 Å². The Labute approximate surface area is 101 Å². The summed E-state index contributed by atoms with van der Waals surface area (Å²) in [5.41, 5.74) is 3.32. The summed E-state index contributed by atoms with van der Waals surface area (Å²) in [6, 6.07) is 8.01. The summed E-state index contributed by atoms with van der Waals surface area (Å²) in [6.07, 6.45) is 1.72. The molecule has 0 atom stereocenters. The Hall–Kier alpha value is -1.81. The number of nitrogens with zero attached hydrogens (tertiary/aromatic N) is 1. The lowest BCUT2D eigenvalue weighted by Crippen LogP contribution is -2.14. The number of imidazole rings is 1. The summed E-state index contributed by atoms with van der Waals surface area (Å²) in [6.45, 7) is 3.55. The number of hydrogen-bond acceptors (Lipinski definition) is 3. The molecule has 0 spiro atoms. The van der Waals surface area contributed by atoms with Crippen molar-refractivity contribution in [2.45, 2.75) is 20.0 Å². The average Bonchev–Trinajstić information content (AvgIpc) is 2.76. The van der Waals surface area contributed by atoms with Crippen molar-refractivity contribution in [3.63, 3.8) is 0 Å². The number of H-pyrrole nitrogens is 1. The van der Waals surface area contributed by atoms with E-state index in [1.54, 1.807) is 13.4 Å². The zero-order valence-corrected chi connectivity index (χ0v) is 10.2. The number of hydrogen-bond donors (Lipinski definition) is 2. The molecule has 4 nitrogen and oxygen atoms in total. The molecule has 0 aliphatic rings. The van der Waals surface area contributed by atoms with Gasteiger partial charge in [0.1, 0.15) is 5.75 Å². The normalized spacial score (nSPS) is 10.5. The highest BCUT2D eigenvalue weighted by Crippen LogP contribution is 2.16. The number of benzene rings is 1. The van der Waals surface area contributed by atoms with Gasteiger partial charge < -0.3 is 15.0 Å². The number of aromatic nitrogens is 2. The van der Waals surface area contributed by atoms with Crippen molar-refractivity contribution in [2.24, 2.45) is 0 Å². The van der Waals surface area contributed by atoms with E-state index in [1.807, 2.05) is 25.1 Å². The van der Waals surface area contributed by atoms with Crippen molar-refractivity contribution in [1.82, 2.24) is 15.3 Å². The van der Waals surface area contributed by atoms with Crippen molar-refractivity contribution >= 4 is 0 Å². The smallest absolute Gasteiger partial charge is 0.123 e. The standard InChI is InChI=1S/C13H17N3O/c1-10-12(16-9-15-10)8-14-7-11-5-3-4-6-13(11)17-2/h3-6,9,14H,7-8H2,1-2H3,(H,15,16). The van der Waals surface area contributed by atoms with Crippen LogP contribution in [0.5, 0.6) is 5.75 Å². The van der Waals surface area contributed by atoms with Gasteiger partial charge in [-0.1, -0.05) is 18.2 Å². The molecule has 4 heteroatoms. The first kappa shape index (κ1) is 11.7. The van der Waals surface area contributed by atoms with Gasteiger partial charge in [0.05, 0.1) is 19.1 Å². The zero-order valence-electron chi connectivity index (χ0n) is 10.2. The lowest BCUT2D eigenvalue weighted by molar-refractivity contribution is 0.407. The van der Waals surface area contributed by atoms with Crippen molar-refractivity contribution in [1.29, 1.82) is 0 Å². The van der Waals surface area contributed by atoms with E-state index in [4.69, 9.17) is 4.74 Å². The summed E-state index contributed by atoms with van der Waals surface area (Å²) in [5, 5.41) is 3.36. The second-order valence-corrected chi connectivity index (χ2v) is 3.89. The average molecular weight is 231 g/mol. The molecule has 2 N–H and O–H groups in total. The first-order chi connectivity index (χ1) is 8.31. The van der Waals surface area contributed by atoms with Crippen LogP contribution in [0.25, 0.3) is 0 Å². The maximum absolute atomic E-state index is 5.30. The number of aryl methyl sites for hydroxylation is 1. The van der Waals surface area contributed by atoms with Crippen LogP contribution in [0, 0.1) is 6.92 Å². The van der Waals surface area contributed by atoms with Gasteiger partial charge in [0.25, 0.3) is 0 Å². The predicted molar refractivity (Wildman–Crippen MR) is 66.9 cm³/mol. The summed E-state index contributed by atoms with van der Waals surface area (Å²) < 4.78 is 5.30. The van der Waals surface area contributed by atoms with Crippen molar-refractivity contribution in [3.8, 4) is 5.75 Å². The third-order valence-electron chi connectivity index (χ3n) is 2.73. The number of methoxy groups -OCH3 is 1. The van der Waals surface area contributed by atoms with Gasteiger partial charge >= 0.3 is 0 Å². The van der Waals surface area contributed by atoms with E-state index in [0.29, 0.717) is 0 Å². The molecule has 0 unspecified atom stereocenters. The molecule has 0 aliphatic heterocycles. The lowest BCUT2D eigenvalue weighted by Gasteiger charge is -2.08. The van der Waals surface area contributed by atoms with Crippen molar-refractivity contribution in [2.75, 3.05) is 7.11 Å². The Morgan fingerprint density at radius 1 is 1.29 bits per heavy atom. The van der Waals surface area contributed by atoms with Gasteiger partial charge in [0, 0.05) is 24.3 Å². The Morgan fingerprint density at radius 2 is 2.12 bits per heavy atom. The fourth-order valence-corrected chi connectivity index (χ4v) is 1.73. The van der Waals surface area contributed by atoms with E-state index < -0.39 is 0 Å². The van der Waals surface area contributed by atoms with Gasteiger partial charge in [-0.2, -0.15) is 0 Å². The number of nitrogens with one attached hydrogen (secondary N) is 2. The van der Waals surface area contributed by atoms with Crippen LogP contribution in [0.3, 0.4) is 0 Å². The first-order valence-corrected chi connectivity index (χ1v) is 5.62. The van der Waals surface area contributed by atoms with E-state index in [1.165, 1.54) is 0 Å². The molecule has 1 heterocycles. The van der Waals surface area contributed by atoms with Crippen LogP contribution in [0.2, 0.25) is 0 Å². The van der Waals surface area contributed by atoms with Crippen LogP contribution in [0.1, 0.15) is 17.0 Å². The van der Waals surface area contributed by atoms with Gasteiger partial charge in [-0.25, -0.2) is 4.98 Å². The molecule has 0 bridgehead atoms. The highest BCUT2D eigenvalue weighted by atomic mass is 16.5. The molecule has 2 rings (SSSR count). The Bertz CT molecular complexity index is 479. The van der Waals surface area contributed by atoms with Crippen LogP contribution in [0.4, 0.5) is 0 Å². The molecule has 0 fully saturated rings. The number of ether oxygens (including phenoxy) is 1. The van der Waals surface area contributed by atoms with Gasteiger partial charge in [-0.15, -0.1) is 0 Å². The third kappa shape index (κ3) is 2.85. The monoisotopic (exact) mass is 231 g/mol. The van der Waals surface area contributed by atoms with Gasteiger partial charge in [0.2, 0.25) is 0 Å². The minimum atomic E-state index is 0.757. The third-order valence-corrected chi connectivity index (χ3v) is 2.73. The first-order valence-electron chi connectivity index (χ1n) is 5.62. The highest BCUT2D eigenvalue weighted by Gasteiger charge is 2.03. The fourth-order valence-electron chi connectivity index (χ4n) is 1.73. The maximum atomic E-state index is 5.30. The lowest BCUT2D eigenvalue weighted by atomic mass is 10.2. The summed E-state index contributed by atoms with van der Waals surface area (Å²) >= 11 is 0. The number of rotatable bonds is 5. The molecule has 90 valence electrons. The second kappa shape index (κ2) is 5.50. The predicted octanol–water partition coefficient (Wildman–Crippen LogP) is 2.02. The van der Waals surface area contributed by atoms with Gasteiger partial charge in [-0.05, 0) is 13.0 Å². The summed E-state index contributed by atoms with van der Waals surface area (Å²) in [5.74, 6) is 0.916. The van der Waals surface area contributed by atoms with Crippen molar-refractivity contribution < 1.29 is 4.74 Å². The van der Waals surface area contributed by atoms with Crippen LogP contribution in [0.15, 0.2) is 30.6 Å². The van der Waals surface area contributed by atoms with Gasteiger partial charge in [-0.3, -0.25) is 0 Å². The largest absolute Gasteiger partial charge is 0.496 e. The molecule has 1 aromatic carbocycles. The molecule has 0 aliphatic carbocycles. The molecular formula is C13H17N3O. The minimum absolute atomic E-state index is 0.757. The summed E-state index contributed by atoms with van der Waals surface area (Å²) in [4.78, 5) is 7.30. The van der Waals surface area contributed by atoms with Crippen LogP contribution < -0.4 is 10.1 Å². The number of para-hydroxylation sites is 1. The SMILES string of the molecule is COc1ccccc1CNCc1nc[nH]c1C. The molecule has 17 heavy (non-hydrogen) atoms. The van der Waals surface area contributed by atoms with Crippen LogP contribution >= 0.6 is 0 Å². The van der Waals surface area contributed by atoms with E-state index in [-0.39, 0.29) is 0 Å². The van der Waals surface area contributed by atoms with E-state index in [9.17, 15) is 0 Å². The molecule has 0 saturated carbocycles. The van der Waals surface area contributed by atoms with E-state index >= 15 is 0 Å². The molecular weight excluding hydrogens is 214 g/mol.